The Labute approximate surface area is 128 Å². The van der Waals surface area contributed by atoms with Crippen LogP contribution >= 0.6 is 23.2 Å². The summed E-state index contributed by atoms with van der Waals surface area (Å²) in [5.41, 5.74) is 0.643. The molecule has 3 nitrogen and oxygen atoms in total. The lowest BCUT2D eigenvalue weighted by molar-refractivity contribution is -0.143. The number of esters is 1. The fourth-order valence-corrected chi connectivity index (χ4v) is 2.31. The van der Waals surface area contributed by atoms with Crippen molar-refractivity contribution in [1.29, 1.82) is 0 Å². The third-order valence-corrected chi connectivity index (χ3v) is 3.44. The van der Waals surface area contributed by atoms with Gasteiger partial charge < -0.3 is 10.1 Å². The van der Waals surface area contributed by atoms with Crippen LogP contribution in [0.3, 0.4) is 0 Å². The lowest BCUT2D eigenvalue weighted by Crippen LogP contribution is -2.21. The van der Waals surface area contributed by atoms with Crippen LogP contribution in [0.1, 0.15) is 38.3 Å². The molecule has 1 aromatic rings. The van der Waals surface area contributed by atoms with Gasteiger partial charge in [0.25, 0.3) is 0 Å². The molecule has 0 amide bonds. The zero-order valence-electron chi connectivity index (χ0n) is 11.5. The molecule has 0 bridgehead atoms. The third-order valence-electron chi connectivity index (χ3n) is 2.82. The van der Waals surface area contributed by atoms with Crippen molar-refractivity contribution in [2.75, 3.05) is 13.2 Å². The van der Waals surface area contributed by atoms with Crippen LogP contribution in [0.25, 0.3) is 0 Å². The van der Waals surface area contributed by atoms with Gasteiger partial charge in [-0.05, 0) is 44.5 Å². The van der Waals surface area contributed by atoms with Gasteiger partial charge in [0, 0.05) is 17.5 Å². The van der Waals surface area contributed by atoms with E-state index in [1.165, 1.54) is 12.1 Å². The molecular weight excluding hydrogens is 304 g/mol. The predicted molar refractivity (Wildman–Crippen MR) is 78.7 cm³/mol. The van der Waals surface area contributed by atoms with E-state index < -0.39 is 5.82 Å². The molecule has 0 aliphatic rings. The molecule has 112 valence electrons. The number of halogens is 3. The Hall–Kier alpha value is -0.840. The maximum atomic E-state index is 13.4. The Bertz CT molecular complexity index is 469. The predicted octanol–water partition coefficient (Wildman–Crippen LogP) is 4.13. The van der Waals surface area contributed by atoms with Crippen molar-refractivity contribution in [3.05, 3.63) is 33.6 Å². The number of carbonyl (C=O) groups excluding carboxylic acids is 1. The average Bonchev–Trinajstić information content (AvgIpc) is 2.39. The lowest BCUT2D eigenvalue weighted by atomic mass is 10.1. The van der Waals surface area contributed by atoms with Crippen molar-refractivity contribution in [1.82, 2.24) is 5.32 Å². The molecule has 0 aromatic heterocycles. The summed E-state index contributed by atoms with van der Waals surface area (Å²) in [4.78, 5) is 11.2. The van der Waals surface area contributed by atoms with Crippen LogP contribution in [0.4, 0.5) is 4.39 Å². The van der Waals surface area contributed by atoms with E-state index in [1.54, 1.807) is 6.92 Å². The van der Waals surface area contributed by atoms with E-state index in [0.29, 0.717) is 36.6 Å². The summed E-state index contributed by atoms with van der Waals surface area (Å²) in [6.45, 7) is 4.65. The monoisotopic (exact) mass is 321 g/mol. The van der Waals surface area contributed by atoms with Gasteiger partial charge in [-0.2, -0.15) is 0 Å². The normalized spacial score (nSPS) is 12.2. The van der Waals surface area contributed by atoms with Crippen LogP contribution < -0.4 is 5.32 Å². The molecule has 1 aromatic carbocycles. The Balaban J connectivity index is 2.45. The number of ether oxygens (including phenoxy) is 1. The number of carbonyl (C=O) groups is 1. The highest BCUT2D eigenvalue weighted by Crippen LogP contribution is 2.28. The molecule has 0 fully saturated rings. The number of benzene rings is 1. The zero-order valence-corrected chi connectivity index (χ0v) is 13.0. The highest BCUT2D eigenvalue weighted by Gasteiger charge is 2.13. The molecule has 0 heterocycles. The highest BCUT2D eigenvalue weighted by molar-refractivity contribution is 6.35. The minimum atomic E-state index is -0.494. The number of hydrogen-bond donors (Lipinski definition) is 1. The van der Waals surface area contributed by atoms with Crippen LogP contribution in [-0.4, -0.2) is 19.1 Å². The summed E-state index contributed by atoms with van der Waals surface area (Å²) >= 11 is 11.7. The molecule has 1 unspecified atom stereocenters. The molecule has 0 aliphatic heterocycles. The summed E-state index contributed by atoms with van der Waals surface area (Å²) in [7, 11) is 0. The molecule has 0 saturated heterocycles. The first-order valence-corrected chi connectivity index (χ1v) is 7.24. The molecule has 1 N–H and O–H groups in total. The van der Waals surface area contributed by atoms with E-state index in [4.69, 9.17) is 27.9 Å². The van der Waals surface area contributed by atoms with E-state index in [9.17, 15) is 9.18 Å². The zero-order chi connectivity index (χ0) is 15.1. The van der Waals surface area contributed by atoms with Crippen LogP contribution in [0.2, 0.25) is 10.0 Å². The summed E-state index contributed by atoms with van der Waals surface area (Å²) in [5, 5.41) is 3.61. The van der Waals surface area contributed by atoms with Crippen LogP contribution in [-0.2, 0) is 9.53 Å². The Morgan fingerprint density at radius 1 is 1.40 bits per heavy atom. The second-order valence-electron chi connectivity index (χ2n) is 4.37. The topological polar surface area (TPSA) is 38.3 Å². The second kappa shape index (κ2) is 8.45. The summed E-state index contributed by atoms with van der Waals surface area (Å²) in [6.07, 6.45) is 1.01. The van der Waals surface area contributed by atoms with Gasteiger partial charge in [0.15, 0.2) is 0 Å². The van der Waals surface area contributed by atoms with Crippen molar-refractivity contribution >= 4 is 29.2 Å². The van der Waals surface area contributed by atoms with Crippen LogP contribution in [0.5, 0.6) is 0 Å². The largest absolute Gasteiger partial charge is 0.466 e. The van der Waals surface area contributed by atoms with Gasteiger partial charge in [0.05, 0.1) is 11.6 Å². The van der Waals surface area contributed by atoms with Crippen LogP contribution in [0, 0.1) is 5.82 Å². The Kier molecular flexibility index (Phi) is 7.27. The lowest BCUT2D eigenvalue weighted by Gasteiger charge is -2.16. The maximum absolute atomic E-state index is 13.4. The number of nitrogens with one attached hydrogen (secondary N) is 1. The first kappa shape index (κ1) is 17.2. The van der Waals surface area contributed by atoms with E-state index in [-0.39, 0.29) is 17.0 Å². The Morgan fingerprint density at radius 2 is 2.10 bits per heavy atom. The highest BCUT2D eigenvalue weighted by atomic mass is 35.5. The Morgan fingerprint density at radius 3 is 2.75 bits per heavy atom. The quantitative estimate of drug-likeness (QED) is 0.466. The number of hydrogen-bond acceptors (Lipinski definition) is 3. The van der Waals surface area contributed by atoms with Gasteiger partial charge in [0.2, 0.25) is 0 Å². The van der Waals surface area contributed by atoms with Gasteiger partial charge in [-0.15, -0.1) is 0 Å². The van der Waals surface area contributed by atoms with E-state index in [2.05, 4.69) is 5.32 Å². The smallest absolute Gasteiger partial charge is 0.305 e. The molecule has 0 radical (unpaired) electrons. The van der Waals surface area contributed by atoms with Crippen molar-refractivity contribution in [2.24, 2.45) is 0 Å². The standard InChI is InChI=1S/C14H18Cl2FNO2/c1-3-20-14(19)5-4-6-18-9(2)10-7-13(17)12(16)8-11(10)15/h7-9,18H,3-6H2,1-2H3. The molecule has 1 rings (SSSR count). The van der Waals surface area contributed by atoms with E-state index in [0.717, 1.165) is 0 Å². The van der Waals surface area contributed by atoms with Crippen molar-refractivity contribution in [2.45, 2.75) is 32.7 Å². The maximum Gasteiger partial charge on any atom is 0.305 e. The first-order chi connectivity index (χ1) is 9.45. The minimum Gasteiger partial charge on any atom is -0.466 e. The van der Waals surface area contributed by atoms with Gasteiger partial charge in [-0.3, -0.25) is 4.79 Å². The minimum absolute atomic E-state index is 0.00765. The van der Waals surface area contributed by atoms with Crippen molar-refractivity contribution in [3.8, 4) is 0 Å². The molecule has 0 spiro atoms. The summed E-state index contributed by atoms with van der Waals surface area (Å²) in [5.74, 6) is -0.705. The summed E-state index contributed by atoms with van der Waals surface area (Å²) < 4.78 is 18.2. The third kappa shape index (κ3) is 5.27. The van der Waals surface area contributed by atoms with E-state index >= 15 is 0 Å². The SMILES string of the molecule is CCOC(=O)CCCNC(C)c1cc(F)c(Cl)cc1Cl. The second-order valence-corrected chi connectivity index (χ2v) is 5.19. The van der Waals surface area contributed by atoms with E-state index in [1.807, 2.05) is 6.92 Å². The fourth-order valence-electron chi connectivity index (χ4n) is 1.76. The van der Waals surface area contributed by atoms with Gasteiger partial charge in [-0.1, -0.05) is 23.2 Å². The molecule has 0 saturated carbocycles. The van der Waals surface area contributed by atoms with Gasteiger partial charge in [0.1, 0.15) is 5.82 Å². The molecule has 1 atom stereocenters. The fraction of sp³-hybridized carbons (Fsp3) is 0.500. The summed E-state index contributed by atoms with van der Waals surface area (Å²) in [6, 6.07) is 2.59. The first-order valence-electron chi connectivity index (χ1n) is 6.49. The molecule has 6 heteroatoms. The van der Waals surface area contributed by atoms with Gasteiger partial charge >= 0.3 is 5.97 Å². The number of rotatable bonds is 7. The molecular formula is C14H18Cl2FNO2. The van der Waals surface area contributed by atoms with Crippen LogP contribution in [0.15, 0.2) is 12.1 Å². The average molecular weight is 322 g/mol. The van der Waals surface area contributed by atoms with Gasteiger partial charge in [-0.25, -0.2) is 4.39 Å². The van der Waals surface area contributed by atoms with Crippen molar-refractivity contribution < 1.29 is 13.9 Å². The molecule has 0 aliphatic carbocycles. The van der Waals surface area contributed by atoms with Crippen molar-refractivity contribution in [3.63, 3.8) is 0 Å². The molecule has 20 heavy (non-hydrogen) atoms.